The summed E-state index contributed by atoms with van der Waals surface area (Å²) >= 11 is 15.4. The van der Waals surface area contributed by atoms with E-state index < -0.39 is 0 Å². The standard InChI is InChI=1S/C15H18BrCl2NO/c16-8-10-3-1-2-4-11(10)9-19-15(20)12-5-13(17)7-14(18)6-12/h5-7,10-11H,1-4,8-9H2,(H,19,20). The molecular formula is C15H18BrCl2NO. The van der Waals surface area contributed by atoms with Crippen LogP contribution in [-0.4, -0.2) is 17.8 Å². The minimum atomic E-state index is -0.103. The lowest BCUT2D eigenvalue weighted by molar-refractivity contribution is 0.0937. The first-order chi connectivity index (χ1) is 9.60. The van der Waals surface area contributed by atoms with Crippen LogP contribution in [0, 0.1) is 11.8 Å². The molecule has 0 heterocycles. The van der Waals surface area contributed by atoms with E-state index in [0.717, 1.165) is 11.9 Å². The molecule has 2 rings (SSSR count). The summed E-state index contributed by atoms with van der Waals surface area (Å²) in [6.07, 6.45) is 4.99. The van der Waals surface area contributed by atoms with Gasteiger partial charge < -0.3 is 5.32 Å². The number of nitrogens with one attached hydrogen (secondary N) is 1. The molecule has 1 aromatic carbocycles. The van der Waals surface area contributed by atoms with Crippen LogP contribution < -0.4 is 5.32 Å². The number of rotatable bonds is 4. The Labute approximate surface area is 138 Å². The Bertz CT molecular complexity index is 461. The van der Waals surface area contributed by atoms with Crippen LogP contribution in [0.4, 0.5) is 0 Å². The molecule has 1 N–H and O–H groups in total. The lowest BCUT2D eigenvalue weighted by atomic mass is 9.80. The van der Waals surface area contributed by atoms with E-state index in [1.807, 2.05) is 0 Å². The van der Waals surface area contributed by atoms with Crippen LogP contribution in [-0.2, 0) is 0 Å². The number of amides is 1. The molecule has 0 saturated heterocycles. The van der Waals surface area contributed by atoms with Gasteiger partial charge in [-0.2, -0.15) is 0 Å². The second kappa shape index (κ2) is 7.67. The highest BCUT2D eigenvalue weighted by Gasteiger charge is 2.24. The van der Waals surface area contributed by atoms with E-state index in [0.29, 0.717) is 27.4 Å². The maximum absolute atomic E-state index is 12.1. The molecular weight excluding hydrogens is 361 g/mol. The van der Waals surface area contributed by atoms with E-state index in [1.54, 1.807) is 18.2 Å². The Morgan fingerprint density at radius 2 is 1.75 bits per heavy atom. The van der Waals surface area contributed by atoms with Gasteiger partial charge in [-0.3, -0.25) is 4.79 Å². The van der Waals surface area contributed by atoms with Crippen molar-refractivity contribution in [2.45, 2.75) is 25.7 Å². The molecule has 1 fully saturated rings. The number of hydrogen-bond donors (Lipinski definition) is 1. The lowest BCUT2D eigenvalue weighted by Gasteiger charge is -2.30. The van der Waals surface area contributed by atoms with Crippen molar-refractivity contribution in [2.75, 3.05) is 11.9 Å². The van der Waals surface area contributed by atoms with Crippen LogP contribution in [0.15, 0.2) is 18.2 Å². The third kappa shape index (κ3) is 4.37. The van der Waals surface area contributed by atoms with Crippen molar-refractivity contribution in [3.63, 3.8) is 0 Å². The minimum Gasteiger partial charge on any atom is -0.352 e. The highest BCUT2D eigenvalue weighted by atomic mass is 79.9. The molecule has 1 aliphatic carbocycles. The van der Waals surface area contributed by atoms with Crippen LogP contribution in [0.25, 0.3) is 0 Å². The number of benzene rings is 1. The van der Waals surface area contributed by atoms with Gasteiger partial charge in [0.15, 0.2) is 0 Å². The molecule has 0 aromatic heterocycles. The molecule has 5 heteroatoms. The molecule has 0 aliphatic heterocycles. The van der Waals surface area contributed by atoms with Gasteiger partial charge in [0.1, 0.15) is 0 Å². The third-order valence-electron chi connectivity index (χ3n) is 3.91. The SMILES string of the molecule is O=C(NCC1CCCCC1CBr)c1cc(Cl)cc(Cl)c1. The van der Waals surface area contributed by atoms with Crippen molar-refractivity contribution in [3.8, 4) is 0 Å². The molecule has 20 heavy (non-hydrogen) atoms. The van der Waals surface area contributed by atoms with Gasteiger partial charge in [-0.05, 0) is 42.9 Å². The maximum atomic E-state index is 12.1. The Morgan fingerprint density at radius 1 is 1.15 bits per heavy atom. The summed E-state index contributed by atoms with van der Waals surface area (Å²) in [5.41, 5.74) is 0.522. The lowest BCUT2D eigenvalue weighted by Crippen LogP contribution is -2.34. The zero-order valence-electron chi connectivity index (χ0n) is 11.2. The van der Waals surface area contributed by atoms with E-state index in [9.17, 15) is 4.79 Å². The molecule has 2 nitrogen and oxygen atoms in total. The van der Waals surface area contributed by atoms with E-state index in [2.05, 4.69) is 21.2 Å². The van der Waals surface area contributed by atoms with Gasteiger partial charge in [0.05, 0.1) is 0 Å². The van der Waals surface area contributed by atoms with Crippen LogP contribution >= 0.6 is 39.1 Å². The number of carbonyl (C=O) groups excluding carboxylic acids is 1. The Morgan fingerprint density at radius 3 is 2.35 bits per heavy atom. The monoisotopic (exact) mass is 377 g/mol. The number of halogens is 3. The van der Waals surface area contributed by atoms with E-state index in [-0.39, 0.29) is 5.91 Å². The van der Waals surface area contributed by atoms with Gasteiger partial charge in [0.2, 0.25) is 0 Å². The summed E-state index contributed by atoms with van der Waals surface area (Å²) < 4.78 is 0. The average molecular weight is 379 g/mol. The normalized spacial score (nSPS) is 22.6. The largest absolute Gasteiger partial charge is 0.352 e. The zero-order chi connectivity index (χ0) is 14.5. The van der Waals surface area contributed by atoms with E-state index in [4.69, 9.17) is 23.2 Å². The number of alkyl halides is 1. The third-order valence-corrected chi connectivity index (χ3v) is 5.18. The van der Waals surface area contributed by atoms with Gasteiger partial charge in [0.25, 0.3) is 5.91 Å². The molecule has 0 bridgehead atoms. The number of hydrogen-bond acceptors (Lipinski definition) is 1. The molecule has 2 unspecified atom stereocenters. The molecule has 1 aromatic rings. The molecule has 1 amide bonds. The first kappa shape index (κ1) is 16.1. The van der Waals surface area contributed by atoms with Crippen molar-refractivity contribution in [2.24, 2.45) is 11.8 Å². The second-order valence-corrected chi connectivity index (χ2v) is 6.85. The predicted molar refractivity (Wildman–Crippen MR) is 88.0 cm³/mol. The van der Waals surface area contributed by atoms with Gasteiger partial charge in [-0.15, -0.1) is 0 Å². The van der Waals surface area contributed by atoms with E-state index >= 15 is 0 Å². The Balaban J connectivity index is 1.94. The van der Waals surface area contributed by atoms with Gasteiger partial charge in [-0.1, -0.05) is 52.0 Å². The van der Waals surface area contributed by atoms with Crippen LogP contribution in [0.3, 0.4) is 0 Å². The quantitative estimate of drug-likeness (QED) is 0.739. The van der Waals surface area contributed by atoms with Gasteiger partial charge in [0, 0.05) is 27.5 Å². The first-order valence-corrected chi connectivity index (χ1v) is 8.78. The summed E-state index contributed by atoms with van der Waals surface area (Å²) in [6, 6.07) is 4.92. The molecule has 0 radical (unpaired) electrons. The highest BCUT2D eigenvalue weighted by Crippen LogP contribution is 2.30. The zero-order valence-corrected chi connectivity index (χ0v) is 14.3. The van der Waals surface area contributed by atoms with Crippen LogP contribution in [0.1, 0.15) is 36.0 Å². The summed E-state index contributed by atoms with van der Waals surface area (Å²) in [4.78, 5) is 12.1. The molecule has 1 aliphatic rings. The fourth-order valence-electron chi connectivity index (χ4n) is 2.77. The smallest absolute Gasteiger partial charge is 0.251 e. The van der Waals surface area contributed by atoms with Gasteiger partial charge in [-0.25, -0.2) is 0 Å². The Kier molecular flexibility index (Phi) is 6.19. The van der Waals surface area contributed by atoms with Crippen molar-refractivity contribution < 1.29 is 4.79 Å². The van der Waals surface area contributed by atoms with Crippen molar-refractivity contribution in [1.29, 1.82) is 0 Å². The minimum absolute atomic E-state index is 0.103. The summed E-state index contributed by atoms with van der Waals surface area (Å²) in [5.74, 6) is 1.11. The first-order valence-electron chi connectivity index (χ1n) is 6.90. The Hall–Kier alpha value is -0.250. The topological polar surface area (TPSA) is 29.1 Å². The fraction of sp³-hybridized carbons (Fsp3) is 0.533. The van der Waals surface area contributed by atoms with Crippen LogP contribution in [0.5, 0.6) is 0 Å². The summed E-state index contributed by atoms with van der Waals surface area (Å²) in [6.45, 7) is 0.721. The molecule has 1 saturated carbocycles. The van der Waals surface area contributed by atoms with E-state index in [1.165, 1.54) is 25.7 Å². The summed E-state index contributed by atoms with van der Waals surface area (Å²) in [7, 11) is 0. The molecule has 2 atom stereocenters. The average Bonchev–Trinajstić information content (AvgIpc) is 2.44. The van der Waals surface area contributed by atoms with Gasteiger partial charge >= 0.3 is 0 Å². The highest BCUT2D eigenvalue weighted by molar-refractivity contribution is 9.09. The summed E-state index contributed by atoms with van der Waals surface area (Å²) in [5, 5.41) is 4.99. The molecule has 110 valence electrons. The fourth-order valence-corrected chi connectivity index (χ4v) is 4.15. The second-order valence-electron chi connectivity index (χ2n) is 5.33. The van der Waals surface area contributed by atoms with Crippen molar-refractivity contribution >= 4 is 45.0 Å². The van der Waals surface area contributed by atoms with Crippen molar-refractivity contribution in [3.05, 3.63) is 33.8 Å². The maximum Gasteiger partial charge on any atom is 0.251 e. The number of carbonyl (C=O) groups is 1. The van der Waals surface area contributed by atoms with Crippen LogP contribution in [0.2, 0.25) is 10.0 Å². The van der Waals surface area contributed by atoms with Crippen molar-refractivity contribution in [1.82, 2.24) is 5.32 Å². The molecule has 0 spiro atoms. The predicted octanol–water partition coefficient (Wildman–Crippen LogP) is 4.92.